The average Bonchev–Trinajstić information content (AvgIpc) is 2.39. The van der Waals surface area contributed by atoms with Crippen LogP contribution < -0.4 is 0 Å². The van der Waals surface area contributed by atoms with Crippen LogP contribution in [0.25, 0.3) is 0 Å². The summed E-state index contributed by atoms with van der Waals surface area (Å²) in [6.45, 7) is 8.35. The predicted molar refractivity (Wildman–Crippen MR) is 87.3 cm³/mol. The Labute approximate surface area is 165 Å². The molecular formula is C16H35NdO3P. The topological polar surface area (TPSA) is 46.5 Å². The summed E-state index contributed by atoms with van der Waals surface area (Å²) < 4.78 is 17.6. The number of unbranched alkanes of at least 4 members (excludes halogenated alkanes) is 4. The molecule has 0 radical (unpaired) electrons. The summed E-state index contributed by atoms with van der Waals surface area (Å²) in [6, 6.07) is 0. The van der Waals surface area contributed by atoms with Crippen molar-refractivity contribution >= 4 is 7.60 Å². The molecule has 3 unspecified atom stereocenters. The third-order valence-electron chi connectivity index (χ3n) is 3.84. The van der Waals surface area contributed by atoms with E-state index in [0.29, 0.717) is 12.1 Å². The van der Waals surface area contributed by atoms with E-state index in [1.54, 1.807) is 0 Å². The molecule has 0 heterocycles. The van der Waals surface area contributed by atoms with Crippen LogP contribution in [-0.2, 0) is 9.09 Å². The Hall–Kier alpha value is 1.50. The van der Waals surface area contributed by atoms with Gasteiger partial charge in [-0.2, -0.15) is 0 Å². The van der Waals surface area contributed by atoms with Gasteiger partial charge >= 0.3 is 7.60 Å². The van der Waals surface area contributed by atoms with Gasteiger partial charge in [0.1, 0.15) is 0 Å². The zero-order valence-electron chi connectivity index (χ0n) is 14.4. The first kappa shape index (κ1) is 24.7. The Balaban J connectivity index is 0. The molecule has 0 aliphatic rings. The summed E-state index contributed by atoms with van der Waals surface area (Å²) >= 11 is 0. The van der Waals surface area contributed by atoms with Gasteiger partial charge in [0, 0.05) is 40.8 Å². The molecule has 0 amide bonds. The minimum absolute atomic E-state index is 0. The van der Waals surface area contributed by atoms with Gasteiger partial charge in [0.2, 0.25) is 0 Å². The summed E-state index contributed by atoms with van der Waals surface area (Å²) in [7, 11) is -3.42. The molecule has 0 aromatic carbocycles. The van der Waals surface area contributed by atoms with Gasteiger partial charge in [-0.3, -0.25) is 4.57 Å². The Kier molecular flexibility index (Phi) is 17.7. The predicted octanol–water partition coefficient (Wildman–Crippen LogP) is 5.76. The van der Waals surface area contributed by atoms with E-state index in [2.05, 4.69) is 20.8 Å². The Morgan fingerprint density at radius 3 is 2.14 bits per heavy atom. The van der Waals surface area contributed by atoms with Crippen molar-refractivity contribution < 1.29 is 54.8 Å². The van der Waals surface area contributed by atoms with Crippen LogP contribution in [0, 0.1) is 46.8 Å². The van der Waals surface area contributed by atoms with Crippen LogP contribution in [0.15, 0.2) is 0 Å². The number of hydrogen-bond donors (Lipinski definition) is 1. The second-order valence-electron chi connectivity index (χ2n) is 6.00. The van der Waals surface area contributed by atoms with E-state index in [9.17, 15) is 9.46 Å². The van der Waals surface area contributed by atoms with Crippen LogP contribution in [0.2, 0.25) is 0 Å². The summed E-state index contributed by atoms with van der Waals surface area (Å²) in [4.78, 5) is 10.0. The first-order chi connectivity index (χ1) is 9.45. The second kappa shape index (κ2) is 15.1. The fraction of sp³-hybridized carbons (Fsp3) is 1.00. The van der Waals surface area contributed by atoms with Gasteiger partial charge in [0.05, 0.1) is 12.3 Å². The molecule has 3 atom stereocenters. The van der Waals surface area contributed by atoms with E-state index in [0.717, 1.165) is 38.5 Å². The smallest absolute Gasteiger partial charge is 0.324 e. The standard InChI is InChI=1S/C16H35O3P.Nd/c1-5-8-10-11-12-15(4)19-20(17,18)14-16(7-3)13-9-6-2;/h15-16H,5-14H2,1-4H3,(H,17,18);. The van der Waals surface area contributed by atoms with Crippen LogP contribution in [-0.4, -0.2) is 17.2 Å². The maximum atomic E-state index is 12.2. The van der Waals surface area contributed by atoms with Gasteiger partial charge < -0.3 is 9.42 Å². The van der Waals surface area contributed by atoms with Crippen LogP contribution in [0.5, 0.6) is 0 Å². The van der Waals surface area contributed by atoms with Crippen LogP contribution in [0.1, 0.15) is 85.5 Å². The first-order valence-electron chi connectivity index (χ1n) is 8.45. The number of hydrogen-bond acceptors (Lipinski definition) is 2. The fourth-order valence-corrected chi connectivity index (χ4v) is 4.33. The van der Waals surface area contributed by atoms with Crippen molar-refractivity contribution in [1.82, 2.24) is 0 Å². The SMILES string of the molecule is CCCCCCC(C)OP(=O)(O)CC(CC)CCCC.[Nd]. The van der Waals surface area contributed by atoms with Gasteiger partial charge in [-0.1, -0.05) is 65.7 Å². The van der Waals surface area contributed by atoms with Crippen molar-refractivity contribution in [2.45, 2.75) is 91.6 Å². The molecular weight excluding hydrogens is 415 g/mol. The molecule has 126 valence electrons. The Bertz CT molecular complexity index is 274. The molecule has 0 spiro atoms. The van der Waals surface area contributed by atoms with E-state index in [1.165, 1.54) is 19.3 Å². The van der Waals surface area contributed by atoms with E-state index in [-0.39, 0.29) is 46.9 Å². The Morgan fingerprint density at radius 1 is 1.00 bits per heavy atom. The van der Waals surface area contributed by atoms with Crippen LogP contribution >= 0.6 is 7.60 Å². The molecule has 0 aliphatic carbocycles. The van der Waals surface area contributed by atoms with E-state index in [1.807, 2.05) is 6.92 Å². The van der Waals surface area contributed by atoms with Gasteiger partial charge in [-0.05, 0) is 25.7 Å². The molecule has 1 N–H and O–H groups in total. The molecule has 0 bridgehead atoms. The number of rotatable bonds is 13. The average molecular weight is 451 g/mol. The van der Waals surface area contributed by atoms with E-state index in [4.69, 9.17) is 4.52 Å². The minimum atomic E-state index is -3.42. The van der Waals surface area contributed by atoms with E-state index >= 15 is 0 Å². The fourth-order valence-electron chi connectivity index (χ4n) is 2.48. The third-order valence-corrected chi connectivity index (χ3v) is 5.51. The summed E-state index contributed by atoms with van der Waals surface area (Å²) in [6.07, 6.45) is 10.1. The van der Waals surface area contributed by atoms with Crippen molar-refractivity contribution in [3.05, 3.63) is 0 Å². The van der Waals surface area contributed by atoms with Crippen molar-refractivity contribution in [3.8, 4) is 0 Å². The zero-order chi connectivity index (χ0) is 15.4. The monoisotopic (exact) mass is 448 g/mol. The third kappa shape index (κ3) is 14.8. The molecule has 0 aromatic heterocycles. The largest absolute Gasteiger partial charge is 0.328 e. The molecule has 21 heavy (non-hydrogen) atoms. The summed E-state index contributed by atoms with van der Waals surface area (Å²) in [5, 5.41) is 0. The maximum absolute atomic E-state index is 12.2. The maximum Gasteiger partial charge on any atom is 0.328 e. The van der Waals surface area contributed by atoms with Crippen molar-refractivity contribution in [2.75, 3.05) is 6.16 Å². The second-order valence-corrected chi connectivity index (χ2v) is 7.85. The molecule has 0 fully saturated rings. The van der Waals surface area contributed by atoms with Crippen molar-refractivity contribution in [1.29, 1.82) is 0 Å². The Morgan fingerprint density at radius 2 is 1.62 bits per heavy atom. The zero-order valence-corrected chi connectivity index (χ0v) is 18.5. The van der Waals surface area contributed by atoms with Crippen molar-refractivity contribution in [2.24, 2.45) is 5.92 Å². The van der Waals surface area contributed by atoms with Gasteiger partial charge in [-0.15, -0.1) is 0 Å². The first-order valence-corrected chi connectivity index (χ1v) is 10.2. The molecule has 0 aliphatic heterocycles. The van der Waals surface area contributed by atoms with Crippen LogP contribution in [0.3, 0.4) is 0 Å². The quantitative estimate of drug-likeness (QED) is 0.286. The summed E-state index contributed by atoms with van der Waals surface area (Å²) in [5.74, 6) is 0.318. The van der Waals surface area contributed by atoms with Gasteiger partial charge in [-0.25, -0.2) is 0 Å². The minimum Gasteiger partial charge on any atom is -0.324 e. The normalized spacial score (nSPS) is 16.8. The van der Waals surface area contributed by atoms with E-state index < -0.39 is 7.60 Å². The van der Waals surface area contributed by atoms with Crippen molar-refractivity contribution in [3.63, 3.8) is 0 Å². The molecule has 5 heteroatoms. The van der Waals surface area contributed by atoms with Crippen LogP contribution in [0.4, 0.5) is 0 Å². The van der Waals surface area contributed by atoms with Gasteiger partial charge in [0.25, 0.3) is 0 Å². The molecule has 0 aromatic rings. The van der Waals surface area contributed by atoms with Gasteiger partial charge in [0.15, 0.2) is 0 Å². The molecule has 0 saturated carbocycles. The summed E-state index contributed by atoms with van der Waals surface area (Å²) in [5.41, 5.74) is 0. The molecule has 3 nitrogen and oxygen atoms in total. The molecule has 0 rings (SSSR count). The molecule has 0 saturated heterocycles.